The summed E-state index contributed by atoms with van der Waals surface area (Å²) in [7, 11) is 0. The molecule has 15 heavy (non-hydrogen) atoms. The fourth-order valence-corrected chi connectivity index (χ4v) is 2.31. The Balaban J connectivity index is 3.00. The maximum absolute atomic E-state index is 10.5. The van der Waals surface area contributed by atoms with Gasteiger partial charge in [-0.2, -0.15) is 0 Å². The lowest BCUT2D eigenvalue weighted by molar-refractivity contribution is 0.0224. The topological polar surface area (TPSA) is 20.2 Å². The van der Waals surface area contributed by atoms with Crippen molar-refractivity contribution < 1.29 is 5.11 Å². The van der Waals surface area contributed by atoms with Gasteiger partial charge in [0, 0.05) is 4.90 Å². The SMILES string of the molecule is CCCC(O)(CC)c1cccc(SC)c1. The predicted octanol–water partition coefficient (Wildman–Crippen LogP) is 3.81. The van der Waals surface area contributed by atoms with E-state index in [1.807, 2.05) is 19.1 Å². The highest BCUT2D eigenvalue weighted by molar-refractivity contribution is 7.98. The summed E-state index contributed by atoms with van der Waals surface area (Å²) >= 11 is 1.72. The Labute approximate surface area is 96.9 Å². The van der Waals surface area contributed by atoms with E-state index >= 15 is 0 Å². The summed E-state index contributed by atoms with van der Waals surface area (Å²) in [5, 5.41) is 10.5. The zero-order chi connectivity index (χ0) is 11.3. The first-order valence-corrected chi connectivity index (χ1v) is 6.75. The van der Waals surface area contributed by atoms with Crippen LogP contribution in [0.4, 0.5) is 0 Å². The maximum Gasteiger partial charge on any atom is 0.0894 e. The van der Waals surface area contributed by atoms with Gasteiger partial charge < -0.3 is 5.11 Å². The molecule has 0 heterocycles. The molecule has 1 aromatic rings. The van der Waals surface area contributed by atoms with Crippen LogP contribution in [0.2, 0.25) is 0 Å². The average Bonchev–Trinajstić information content (AvgIpc) is 2.29. The van der Waals surface area contributed by atoms with Crippen LogP contribution < -0.4 is 0 Å². The van der Waals surface area contributed by atoms with E-state index in [0.29, 0.717) is 0 Å². The van der Waals surface area contributed by atoms with Crippen LogP contribution in [0.5, 0.6) is 0 Å². The molecule has 0 aliphatic carbocycles. The van der Waals surface area contributed by atoms with E-state index in [2.05, 4.69) is 25.3 Å². The molecule has 0 fully saturated rings. The molecule has 1 atom stereocenters. The number of hydrogen-bond donors (Lipinski definition) is 1. The second-order valence-electron chi connectivity index (χ2n) is 3.87. The Morgan fingerprint density at radius 3 is 2.60 bits per heavy atom. The van der Waals surface area contributed by atoms with Gasteiger partial charge in [-0.3, -0.25) is 0 Å². The van der Waals surface area contributed by atoms with E-state index in [9.17, 15) is 5.11 Å². The molecule has 1 aromatic carbocycles. The van der Waals surface area contributed by atoms with Crippen molar-refractivity contribution in [2.45, 2.75) is 43.6 Å². The minimum atomic E-state index is -0.638. The molecule has 0 aromatic heterocycles. The zero-order valence-electron chi connectivity index (χ0n) is 9.79. The fourth-order valence-electron chi connectivity index (χ4n) is 1.85. The average molecular weight is 224 g/mol. The standard InChI is InChI=1S/C13H20OS/c1-4-9-13(14,5-2)11-7-6-8-12(10-11)15-3/h6-8,10,14H,4-5,9H2,1-3H3. The van der Waals surface area contributed by atoms with Gasteiger partial charge in [0.05, 0.1) is 5.60 Å². The highest BCUT2D eigenvalue weighted by atomic mass is 32.2. The van der Waals surface area contributed by atoms with E-state index in [1.165, 1.54) is 4.90 Å². The van der Waals surface area contributed by atoms with Crippen molar-refractivity contribution in [2.24, 2.45) is 0 Å². The quantitative estimate of drug-likeness (QED) is 0.768. The van der Waals surface area contributed by atoms with Gasteiger partial charge in [0.15, 0.2) is 0 Å². The second-order valence-corrected chi connectivity index (χ2v) is 4.75. The highest BCUT2D eigenvalue weighted by Gasteiger charge is 2.25. The molecule has 0 aliphatic heterocycles. The Bertz CT molecular complexity index is 311. The Kier molecular flexibility index (Phi) is 4.68. The summed E-state index contributed by atoms with van der Waals surface area (Å²) in [5.41, 5.74) is 0.416. The van der Waals surface area contributed by atoms with Crippen LogP contribution in [-0.4, -0.2) is 11.4 Å². The van der Waals surface area contributed by atoms with Crippen LogP contribution in [0.25, 0.3) is 0 Å². The number of benzene rings is 1. The first kappa shape index (κ1) is 12.6. The largest absolute Gasteiger partial charge is 0.385 e. The van der Waals surface area contributed by atoms with Crippen molar-refractivity contribution in [3.05, 3.63) is 29.8 Å². The van der Waals surface area contributed by atoms with E-state index in [4.69, 9.17) is 0 Å². The van der Waals surface area contributed by atoms with Gasteiger partial charge in [-0.25, -0.2) is 0 Å². The monoisotopic (exact) mass is 224 g/mol. The highest BCUT2D eigenvalue weighted by Crippen LogP contribution is 2.31. The second kappa shape index (κ2) is 5.57. The number of rotatable bonds is 5. The summed E-state index contributed by atoms with van der Waals surface area (Å²) in [6.45, 7) is 4.15. The van der Waals surface area contributed by atoms with Gasteiger partial charge in [0.1, 0.15) is 0 Å². The van der Waals surface area contributed by atoms with E-state index in [-0.39, 0.29) is 0 Å². The summed E-state index contributed by atoms with van der Waals surface area (Å²) < 4.78 is 0. The van der Waals surface area contributed by atoms with Crippen molar-refractivity contribution in [3.63, 3.8) is 0 Å². The molecule has 0 bridgehead atoms. The van der Waals surface area contributed by atoms with Crippen molar-refractivity contribution in [1.82, 2.24) is 0 Å². The van der Waals surface area contributed by atoms with Crippen LogP contribution in [0.1, 0.15) is 38.7 Å². The molecule has 1 unspecified atom stereocenters. The van der Waals surface area contributed by atoms with Gasteiger partial charge in [-0.05, 0) is 36.8 Å². The van der Waals surface area contributed by atoms with Crippen LogP contribution >= 0.6 is 11.8 Å². The van der Waals surface area contributed by atoms with Crippen LogP contribution in [0.3, 0.4) is 0 Å². The predicted molar refractivity (Wildman–Crippen MR) is 67.3 cm³/mol. The number of aliphatic hydroxyl groups is 1. The molecule has 0 saturated carbocycles. The molecule has 84 valence electrons. The summed E-state index contributed by atoms with van der Waals surface area (Å²) in [4.78, 5) is 1.22. The number of hydrogen-bond acceptors (Lipinski definition) is 2. The first-order valence-electron chi connectivity index (χ1n) is 5.53. The van der Waals surface area contributed by atoms with E-state index < -0.39 is 5.60 Å². The normalized spacial score (nSPS) is 14.9. The first-order chi connectivity index (χ1) is 7.16. The zero-order valence-corrected chi connectivity index (χ0v) is 10.6. The molecule has 0 spiro atoms. The third-order valence-corrected chi connectivity index (χ3v) is 3.58. The van der Waals surface area contributed by atoms with Crippen LogP contribution in [0, 0.1) is 0 Å². The van der Waals surface area contributed by atoms with Gasteiger partial charge in [-0.1, -0.05) is 32.4 Å². The third-order valence-electron chi connectivity index (χ3n) is 2.86. The van der Waals surface area contributed by atoms with E-state index in [0.717, 1.165) is 24.8 Å². The Morgan fingerprint density at radius 1 is 1.33 bits per heavy atom. The minimum Gasteiger partial charge on any atom is -0.385 e. The molecule has 2 heteroatoms. The Morgan fingerprint density at radius 2 is 2.07 bits per heavy atom. The lowest BCUT2D eigenvalue weighted by Crippen LogP contribution is -2.24. The lowest BCUT2D eigenvalue weighted by Gasteiger charge is -2.27. The molecule has 0 radical (unpaired) electrons. The van der Waals surface area contributed by atoms with Crippen molar-refractivity contribution in [2.75, 3.05) is 6.26 Å². The van der Waals surface area contributed by atoms with Crippen molar-refractivity contribution >= 4 is 11.8 Å². The third kappa shape index (κ3) is 2.99. The van der Waals surface area contributed by atoms with Gasteiger partial charge in [-0.15, -0.1) is 11.8 Å². The molecule has 1 rings (SSSR count). The molecule has 1 nitrogen and oxygen atoms in total. The fraction of sp³-hybridized carbons (Fsp3) is 0.538. The van der Waals surface area contributed by atoms with E-state index in [1.54, 1.807) is 11.8 Å². The molecular weight excluding hydrogens is 204 g/mol. The van der Waals surface area contributed by atoms with Gasteiger partial charge in [0.2, 0.25) is 0 Å². The van der Waals surface area contributed by atoms with Gasteiger partial charge >= 0.3 is 0 Å². The lowest BCUT2D eigenvalue weighted by atomic mass is 9.87. The van der Waals surface area contributed by atoms with Crippen LogP contribution in [0.15, 0.2) is 29.2 Å². The van der Waals surface area contributed by atoms with Crippen molar-refractivity contribution in [1.29, 1.82) is 0 Å². The number of thioether (sulfide) groups is 1. The molecular formula is C13H20OS. The maximum atomic E-state index is 10.5. The Hall–Kier alpha value is -0.470. The molecule has 0 amide bonds. The molecule has 0 saturated heterocycles. The minimum absolute atomic E-state index is 0.638. The summed E-state index contributed by atoms with van der Waals surface area (Å²) in [6, 6.07) is 8.23. The summed E-state index contributed by atoms with van der Waals surface area (Å²) in [6.07, 6.45) is 4.68. The molecule has 0 aliphatic rings. The van der Waals surface area contributed by atoms with Crippen LogP contribution in [-0.2, 0) is 5.60 Å². The smallest absolute Gasteiger partial charge is 0.0894 e. The summed E-state index contributed by atoms with van der Waals surface area (Å²) in [5.74, 6) is 0. The van der Waals surface area contributed by atoms with Gasteiger partial charge in [0.25, 0.3) is 0 Å². The molecule has 1 N–H and O–H groups in total. The van der Waals surface area contributed by atoms with Crippen molar-refractivity contribution in [3.8, 4) is 0 Å².